The Labute approximate surface area is 360 Å². The SMILES string of the molecule is CC/C=C/C=C/C=C/CCCCCCCC(CC(=O)NC(CO)C(O)CCCCCCCCCCCC)OC(=O)CCCCCCCCCCCCCCCCCC. The molecular weight excluding hydrogens is 719 g/mol. The maximum Gasteiger partial charge on any atom is 0.306 e. The molecule has 0 aliphatic rings. The molecule has 0 heterocycles. The van der Waals surface area contributed by atoms with Crippen LogP contribution in [0.1, 0.15) is 258 Å². The Hall–Kier alpha value is -1.92. The zero-order valence-electron chi connectivity index (χ0n) is 38.7. The second kappa shape index (κ2) is 46.2. The van der Waals surface area contributed by atoms with Crippen LogP contribution in [0.3, 0.4) is 0 Å². The van der Waals surface area contributed by atoms with Gasteiger partial charge in [-0.15, -0.1) is 0 Å². The van der Waals surface area contributed by atoms with Crippen LogP contribution in [-0.2, 0) is 14.3 Å². The zero-order valence-corrected chi connectivity index (χ0v) is 38.7. The second-order valence-corrected chi connectivity index (χ2v) is 17.3. The lowest BCUT2D eigenvalue weighted by Gasteiger charge is -2.24. The molecule has 0 aliphatic carbocycles. The second-order valence-electron chi connectivity index (χ2n) is 17.3. The van der Waals surface area contributed by atoms with Crippen LogP contribution in [0.5, 0.6) is 0 Å². The van der Waals surface area contributed by atoms with Crippen molar-refractivity contribution in [3.05, 3.63) is 36.5 Å². The minimum atomic E-state index is -0.789. The summed E-state index contributed by atoms with van der Waals surface area (Å²) in [5, 5.41) is 23.7. The fraction of sp³-hybridized carbons (Fsp3) is 0.846. The Morgan fingerprint density at radius 2 is 0.931 bits per heavy atom. The summed E-state index contributed by atoms with van der Waals surface area (Å²) < 4.78 is 5.92. The molecule has 0 saturated carbocycles. The van der Waals surface area contributed by atoms with Crippen molar-refractivity contribution < 1.29 is 24.5 Å². The van der Waals surface area contributed by atoms with Crippen molar-refractivity contribution in [2.45, 2.75) is 277 Å². The number of unbranched alkanes of at least 4 members (excludes halogenated alkanes) is 29. The van der Waals surface area contributed by atoms with Crippen molar-refractivity contribution in [1.82, 2.24) is 5.32 Å². The molecule has 0 saturated heterocycles. The Kier molecular flexibility index (Phi) is 44.6. The minimum absolute atomic E-state index is 0.0674. The Balaban J connectivity index is 4.56. The molecule has 0 aromatic heterocycles. The lowest BCUT2D eigenvalue weighted by molar-refractivity contribution is -0.151. The molecule has 0 bridgehead atoms. The van der Waals surface area contributed by atoms with E-state index in [2.05, 4.69) is 62.5 Å². The maximum absolute atomic E-state index is 13.2. The number of amides is 1. The number of nitrogens with one attached hydrogen (secondary N) is 1. The lowest BCUT2D eigenvalue weighted by Crippen LogP contribution is -2.46. The van der Waals surface area contributed by atoms with Gasteiger partial charge < -0.3 is 20.3 Å². The smallest absolute Gasteiger partial charge is 0.306 e. The van der Waals surface area contributed by atoms with Crippen LogP contribution < -0.4 is 5.32 Å². The molecule has 0 fully saturated rings. The van der Waals surface area contributed by atoms with E-state index in [1.807, 2.05) is 0 Å². The molecule has 0 aromatic rings. The van der Waals surface area contributed by atoms with Gasteiger partial charge in [0.1, 0.15) is 6.10 Å². The average molecular weight is 816 g/mol. The van der Waals surface area contributed by atoms with Gasteiger partial charge in [0, 0.05) is 6.42 Å². The van der Waals surface area contributed by atoms with E-state index in [0.717, 1.165) is 83.5 Å². The van der Waals surface area contributed by atoms with E-state index < -0.39 is 18.2 Å². The third kappa shape index (κ3) is 40.8. The number of carbonyl (C=O) groups excluding carboxylic acids is 2. The quantitative estimate of drug-likeness (QED) is 0.0323. The summed E-state index contributed by atoms with van der Waals surface area (Å²) in [5.74, 6) is -0.485. The highest BCUT2D eigenvalue weighted by atomic mass is 16.5. The summed E-state index contributed by atoms with van der Waals surface area (Å²) in [4.78, 5) is 26.1. The van der Waals surface area contributed by atoms with Crippen molar-refractivity contribution in [2.75, 3.05) is 6.61 Å². The molecule has 0 aromatic carbocycles. The molecule has 0 aliphatic heterocycles. The van der Waals surface area contributed by atoms with Gasteiger partial charge in [-0.2, -0.15) is 0 Å². The van der Waals surface area contributed by atoms with Gasteiger partial charge in [-0.25, -0.2) is 0 Å². The number of carbonyl (C=O) groups is 2. The molecule has 58 heavy (non-hydrogen) atoms. The number of rotatable bonds is 45. The van der Waals surface area contributed by atoms with Gasteiger partial charge in [-0.3, -0.25) is 9.59 Å². The van der Waals surface area contributed by atoms with Crippen LogP contribution in [0.4, 0.5) is 0 Å². The van der Waals surface area contributed by atoms with Gasteiger partial charge in [-0.1, -0.05) is 237 Å². The Morgan fingerprint density at radius 3 is 1.40 bits per heavy atom. The first kappa shape index (κ1) is 56.1. The first-order valence-electron chi connectivity index (χ1n) is 25.2. The largest absolute Gasteiger partial charge is 0.462 e. The normalized spacial score (nSPS) is 13.5. The topological polar surface area (TPSA) is 95.9 Å². The van der Waals surface area contributed by atoms with Gasteiger partial charge >= 0.3 is 5.97 Å². The molecular formula is C52H97NO5. The highest BCUT2D eigenvalue weighted by molar-refractivity contribution is 5.77. The summed E-state index contributed by atoms with van der Waals surface area (Å²) in [6, 6.07) is -0.704. The van der Waals surface area contributed by atoms with E-state index in [4.69, 9.17) is 4.74 Å². The summed E-state index contributed by atoms with van der Waals surface area (Å²) in [6.07, 6.45) is 53.5. The number of hydrogen-bond donors (Lipinski definition) is 3. The molecule has 1 amide bonds. The maximum atomic E-state index is 13.2. The predicted molar refractivity (Wildman–Crippen MR) is 250 cm³/mol. The highest BCUT2D eigenvalue weighted by Crippen LogP contribution is 2.18. The number of aliphatic hydroxyl groups excluding tert-OH is 2. The van der Waals surface area contributed by atoms with E-state index in [1.165, 1.54) is 128 Å². The van der Waals surface area contributed by atoms with E-state index in [0.29, 0.717) is 19.3 Å². The van der Waals surface area contributed by atoms with Gasteiger partial charge in [0.15, 0.2) is 0 Å². The Bertz CT molecular complexity index is 961. The van der Waals surface area contributed by atoms with Crippen molar-refractivity contribution >= 4 is 11.9 Å². The predicted octanol–water partition coefficient (Wildman–Crippen LogP) is 14.9. The molecule has 0 spiro atoms. The molecule has 3 unspecified atom stereocenters. The van der Waals surface area contributed by atoms with Gasteiger partial charge in [-0.05, 0) is 44.9 Å². The van der Waals surface area contributed by atoms with Crippen LogP contribution in [0.15, 0.2) is 36.5 Å². The first-order chi connectivity index (χ1) is 28.5. The van der Waals surface area contributed by atoms with Gasteiger partial charge in [0.2, 0.25) is 5.91 Å². The monoisotopic (exact) mass is 816 g/mol. The standard InChI is InChI=1S/C52H97NO5/c1-4-7-10-13-16-19-22-24-25-26-28-30-33-36-39-42-45-52(57)58-48(43-40-37-34-31-29-27-23-20-17-14-11-8-5-2)46-51(56)53-49(47-54)50(55)44-41-38-35-32-21-18-15-12-9-6-3/h8,11,14,17,20,23,48-50,54-55H,4-7,9-10,12-13,15-16,18-19,21-22,24-47H2,1-3H3,(H,53,56)/b11-8+,17-14+,23-20+. The van der Waals surface area contributed by atoms with Crippen molar-refractivity contribution in [2.24, 2.45) is 0 Å². The number of ether oxygens (including phenoxy) is 1. The van der Waals surface area contributed by atoms with E-state index in [-0.39, 0.29) is 24.9 Å². The molecule has 340 valence electrons. The summed E-state index contributed by atoms with van der Waals surface area (Å²) in [6.45, 7) is 6.35. The molecule has 0 radical (unpaired) electrons. The Morgan fingerprint density at radius 1 is 0.517 bits per heavy atom. The van der Waals surface area contributed by atoms with E-state index in [1.54, 1.807) is 0 Å². The van der Waals surface area contributed by atoms with Crippen LogP contribution in [0.2, 0.25) is 0 Å². The van der Waals surface area contributed by atoms with E-state index in [9.17, 15) is 19.8 Å². The van der Waals surface area contributed by atoms with Crippen molar-refractivity contribution in [1.29, 1.82) is 0 Å². The number of hydrogen-bond acceptors (Lipinski definition) is 5. The van der Waals surface area contributed by atoms with Crippen LogP contribution >= 0.6 is 0 Å². The molecule has 3 N–H and O–H groups in total. The van der Waals surface area contributed by atoms with Crippen molar-refractivity contribution in [3.63, 3.8) is 0 Å². The minimum Gasteiger partial charge on any atom is -0.462 e. The van der Waals surface area contributed by atoms with Gasteiger partial charge in [0.05, 0.1) is 25.2 Å². The highest BCUT2D eigenvalue weighted by Gasteiger charge is 2.24. The summed E-state index contributed by atoms with van der Waals surface area (Å²) in [7, 11) is 0. The fourth-order valence-electron chi connectivity index (χ4n) is 7.73. The number of esters is 1. The molecule has 6 heteroatoms. The molecule has 3 atom stereocenters. The molecule has 6 nitrogen and oxygen atoms in total. The van der Waals surface area contributed by atoms with Crippen LogP contribution in [0, 0.1) is 0 Å². The zero-order chi connectivity index (χ0) is 42.4. The number of allylic oxidation sites excluding steroid dienone is 6. The van der Waals surface area contributed by atoms with E-state index >= 15 is 0 Å². The van der Waals surface area contributed by atoms with Crippen LogP contribution in [0.25, 0.3) is 0 Å². The van der Waals surface area contributed by atoms with Crippen molar-refractivity contribution in [3.8, 4) is 0 Å². The fourth-order valence-corrected chi connectivity index (χ4v) is 7.73. The summed E-state index contributed by atoms with van der Waals surface area (Å²) >= 11 is 0. The van der Waals surface area contributed by atoms with Crippen LogP contribution in [-0.4, -0.2) is 46.9 Å². The lowest BCUT2D eigenvalue weighted by atomic mass is 10.0. The first-order valence-corrected chi connectivity index (χ1v) is 25.2. The average Bonchev–Trinajstić information content (AvgIpc) is 3.22. The molecule has 0 rings (SSSR count). The summed E-state index contributed by atoms with van der Waals surface area (Å²) in [5.41, 5.74) is 0. The van der Waals surface area contributed by atoms with Gasteiger partial charge in [0.25, 0.3) is 0 Å². The third-order valence-electron chi connectivity index (χ3n) is 11.5. The third-order valence-corrected chi connectivity index (χ3v) is 11.5. The number of aliphatic hydroxyl groups is 2.